The highest BCUT2D eigenvalue weighted by molar-refractivity contribution is 6.05. The van der Waals surface area contributed by atoms with E-state index in [9.17, 15) is 14.4 Å². The smallest absolute Gasteiger partial charge is 0.241 e. The zero-order chi connectivity index (χ0) is 21.8. The van der Waals surface area contributed by atoms with Gasteiger partial charge in [-0.1, -0.05) is 24.3 Å². The lowest BCUT2D eigenvalue weighted by molar-refractivity contribution is -0.121. The molecule has 1 aliphatic heterocycles. The number of hydrogen-bond acceptors (Lipinski definition) is 4. The van der Waals surface area contributed by atoms with E-state index >= 15 is 0 Å². The summed E-state index contributed by atoms with van der Waals surface area (Å²) in [5.74, 6) is -0.458. The Morgan fingerprint density at radius 2 is 1.90 bits per heavy atom. The Morgan fingerprint density at radius 3 is 2.67 bits per heavy atom. The van der Waals surface area contributed by atoms with Crippen LogP contribution in [-0.4, -0.2) is 48.8 Å². The van der Waals surface area contributed by atoms with E-state index in [0.29, 0.717) is 11.4 Å². The Bertz CT molecular complexity index is 973. The summed E-state index contributed by atoms with van der Waals surface area (Å²) in [5, 5.41) is 5.76. The lowest BCUT2D eigenvalue weighted by Crippen LogP contribution is -2.45. The molecular weight excluding hydrogens is 380 g/mol. The van der Waals surface area contributed by atoms with E-state index in [1.807, 2.05) is 57.2 Å². The van der Waals surface area contributed by atoms with Crippen LogP contribution in [0.2, 0.25) is 0 Å². The van der Waals surface area contributed by atoms with Gasteiger partial charge in [0.25, 0.3) is 0 Å². The predicted octanol–water partition coefficient (Wildman–Crippen LogP) is 2.94. The molecule has 0 saturated carbocycles. The first kappa shape index (κ1) is 21.5. The second kappa shape index (κ2) is 9.09. The van der Waals surface area contributed by atoms with E-state index in [4.69, 9.17) is 0 Å². The first-order valence-corrected chi connectivity index (χ1v) is 10.0. The van der Waals surface area contributed by atoms with Crippen molar-refractivity contribution in [3.8, 4) is 0 Å². The monoisotopic (exact) mass is 408 g/mol. The van der Waals surface area contributed by atoms with Crippen molar-refractivity contribution in [2.24, 2.45) is 0 Å². The Morgan fingerprint density at radius 1 is 1.17 bits per heavy atom. The first-order chi connectivity index (χ1) is 14.2. The van der Waals surface area contributed by atoms with E-state index in [-0.39, 0.29) is 43.3 Å². The molecule has 3 amide bonds. The van der Waals surface area contributed by atoms with Crippen molar-refractivity contribution in [3.63, 3.8) is 0 Å². The van der Waals surface area contributed by atoms with Gasteiger partial charge in [-0.2, -0.15) is 0 Å². The molecule has 2 aromatic rings. The van der Waals surface area contributed by atoms with E-state index < -0.39 is 0 Å². The number of carbonyl (C=O) groups excluding carboxylic acids is 3. The normalized spacial score (nSPS) is 16.0. The molecule has 2 N–H and O–H groups in total. The molecule has 0 unspecified atom stereocenters. The zero-order valence-electron chi connectivity index (χ0n) is 17.9. The zero-order valence-corrected chi connectivity index (χ0v) is 17.9. The molecule has 7 nitrogen and oxygen atoms in total. The predicted molar refractivity (Wildman–Crippen MR) is 119 cm³/mol. The largest absolute Gasteiger partial charge is 0.325 e. The Labute approximate surface area is 177 Å². The summed E-state index contributed by atoms with van der Waals surface area (Å²) in [5.41, 5.74) is 4.13. The molecule has 1 heterocycles. The minimum atomic E-state index is -0.279. The minimum absolute atomic E-state index is 0.0626. The minimum Gasteiger partial charge on any atom is -0.325 e. The van der Waals surface area contributed by atoms with Gasteiger partial charge in [-0.05, 0) is 57.1 Å². The summed E-state index contributed by atoms with van der Waals surface area (Å²) >= 11 is 0. The van der Waals surface area contributed by atoms with E-state index in [1.54, 1.807) is 22.9 Å². The average molecular weight is 409 g/mol. The van der Waals surface area contributed by atoms with E-state index in [1.165, 1.54) is 0 Å². The SMILES string of the molecule is Cc1ccc(C)c(NC(=O)CN(C)CC(=O)N2c3ccccc3NC(=O)C[C@@H]2C)c1. The molecular formula is C23H28N4O3. The molecule has 158 valence electrons. The van der Waals surface area contributed by atoms with Gasteiger partial charge in [0.2, 0.25) is 17.7 Å². The van der Waals surface area contributed by atoms with Gasteiger partial charge < -0.3 is 15.5 Å². The topological polar surface area (TPSA) is 81.8 Å². The van der Waals surface area contributed by atoms with Gasteiger partial charge in [-0.15, -0.1) is 0 Å². The lowest BCUT2D eigenvalue weighted by Gasteiger charge is -2.29. The van der Waals surface area contributed by atoms with Gasteiger partial charge in [0, 0.05) is 18.2 Å². The highest BCUT2D eigenvalue weighted by atomic mass is 16.2. The molecule has 2 aromatic carbocycles. The van der Waals surface area contributed by atoms with Crippen molar-refractivity contribution in [1.82, 2.24) is 4.90 Å². The third-order valence-electron chi connectivity index (χ3n) is 5.11. The Hall–Kier alpha value is -3.19. The first-order valence-electron chi connectivity index (χ1n) is 10.0. The van der Waals surface area contributed by atoms with Gasteiger partial charge in [0.05, 0.1) is 24.5 Å². The van der Waals surface area contributed by atoms with Crippen LogP contribution < -0.4 is 15.5 Å². The van der Waals surface area contributed by atoms with Gasteiger partial charge in [-0.25, -0.2) is 0 Å². The second-order valence-corrected chi connectivity index (χ2v) is 7.92. The molecule has 3 rings (SSSR count). The standard InChI is InChI=1S/C23H28N4O3/c1-15-9-10-16(2)19(11-15)25-22(29)13-26(4)14-23(30)27-17(3)12-21(28)24-18-7-5-6-8-20(18)27/h5-11,17H,12-14H2,1-4H3,(H,24,28)(H,25,29)/t17-/m0/s1. The van der Waals surface area contributed by atoms with Crippen LogP contribution in [-0.2, 0) is 14.4 Å². The van der Waals surface area contributed by atoms with Crippen LogP contribution in [0.5, 0.6) is 0 Å². The number of aryl methyl sites for hydroxylation is 2. The molecule has 0 saturated heterocycles. The summed E-state index contributed by atoms with van der Waals surface area (Å²) in [7, 11) is 1.73. The van der Waals surface area contributed by atoms with Crippen molar-refractivity contribution in [3.05, 3.63) is 53.6 Å². The Kier molecular flexibility index (Phi) is 6.52. The van der Waals surface area contributed by atoms with Gasteiger partial charge in [-0.3, -0.25) is 19.3 Å². The quantitative estimate of drug-likeness (QED) is 0.797. The maximum absolute atomic E-state index is 13.1. The number of anilines is 3. The fourth-order valence-corrected chi connectivity index (χ4v) is 3.64. The summed E-state index contributed by atoms with van der Waals surface area (Å²) in [6.45, 7) is 5.91. The van der Waals surface area contributed by atoms with Crippen LogP contribution in [0.3, 0.4) is 0 Å². The molecule has 7 heteroatoms. The summed E-state index contributed by atoms with van der Waals surface area (Å²) in [6.07, 6.45) is 0.219. The van der Waals surface area contributed by atoms with Gasteiger partial charge in [0.15, 0.2) is 0 Å². The van der Waals surface area contributed by atoms with Crippen molar-refractivity contribution in [2.75, 3.05) is 35.7 Å². The summed E-state index contributed by atoms with van der Waals surface area (Å²) in [4.78, 5) is 41.0. The van der Waals surface area contributed by atoms with E-state index in [2.05, 4.69) is 10.6 Å². The number of rotatable bonds is 5. The van der Waals surface area contributed by atoms with Crippen LogP contribution in [0.25, 0.3) is 0 Å². The molecule has 30 heavy (non-hydrogen) atoms. The number of fused-ring (bicyclic) bond motifs is 1. The maximum atomic E-state index is 13.1. The third-order valence-corrected chi connectivity index (χ3v) is 5.11. The van der Waals surface area contributed by atoms with Crippen LogP contribution in [0.15, 0.2) is 42.5 Å². The lowest BCUT2D eigenvalue weighted by atomic mass is 10.1. The van der Waals surface area contributed by atoms with Crippen LogP contribution in [0, 0.1) is 13.8 Å². The molecule has 0 radical (unpaired) electrons. The second-order valence-electron chi connectivity index (χ2n) is 7.92. The molecule has 0 aromatic heterocycles. The van der Waals surface area contributed by atoms with Crippen LogP contribution in [0.4, 0.5) is 17.1 Å². The molecule has 1 atom stereocenters. The number of para-hydroxylation sites is 2. The number of benzene rings is 2. The highest BCUT2D eigenvalue weighted by Gasteiger charge is 2.30. The number of carbonyl (C=O) groups is 3. The fourth-order valence-electron chi connectivity index (χ4n) is 3.64. The summed E-state index contributed by atoms with van der Waals surface area (Å²) < 4.78 is 0. The van der Waals surface area contributed by atoms with Crippen molar-refractivity contribution in [2.45, 2.75) is 33.2 Å². The van der Waals surface area contributed by atoms with Crippen molar-refractivity contribution < 1.29 is 14.4 Å². The average Bonchev–Trinajstić information content (AvgIpc) is 2.78. The van der Waals surface area contributed by atoms with Gasteiger partial charge in [0.1, 0.15) is 0 Å². The Balaban J connectivity index is 1.67. The third kappa shape index (κ3) is 5.04. The van der Waals surface area contributed by atoms with E-state index in [0.717, 1.165) is 16.8 Å². The molecule has 1 aliphatic rings. The van der Waals surface area contributed by atoms with Crippen molar-refractivity contribution >= 4 is 34.8 Å². The molecule has 0 spiro atoms. The number of nitrogens with zero attached hydrogens (tertiary/aromatic N) is 2. The number of nitrogens with one attached hydrogen (secondary N) is 2. The summed E-state index contributed by atoms with van der Waals surface area (Å²) in [6, 6.07) is 12.9. The molecule has 0 fully saturated rings. The van der Waals surface area contributed by atoms with Crippen LogP contribution in [0.1, 0.15) is 24.5 Å². The van der Waals surface area contributed by atoms with Gasteiger partial charge >= 0.3 is 0 Å². The van der Waals surface area contributed by atoms with Crippen molar-refractivity contribution in [1.29, 1.82) is 0 Å². The maximum Gasteiger partial charge on any atom is 0.241 e. The highest BCUT2D eigenvalue weighted by Crippen LogP contribution is 2.31. The molecule has 0 bridgehead atoms. The fraction of sp³-hybridized carbons (Fsp3) is 0.348. The number of likely N-dealkylation sites (N-methyl/N-ethyl adjacent to an activating group) is 1. The van der Waals surface area contributed by atoms with Crippen LogP contribution >= 0.6 is 0 Å². The number of hydrogen-bond donors (Lipinski definition) is 2. The number of amides is 3. The molecule has 0 aliphatic carbocycles.